The van der Waals surface area contributed by atoms with Crippen LogP contribution in [0.25, 0.3) is 0 Å². The van der Waals surface area contributed by atoms with E-state index in [0.717, 1.165) is 83.5 Å². The van der Waals surface area contributed by atoms with Crippen molar-refractivity contribution in [3.8, 4) is 0 Å². The lowest BCUT2D eigenvalue weighted by Crippen LogP contribution is -2.66. The van der Waals surface area contributed by atoms with Crippen LogP contribution in [0.3, 0.4) is 0 Å². The van der Waals surface area contributed by atoms with Gasteiger partial charge in [-0.05, 0) is 64.2 Å². The molecule has 113 heavy (non-hydrogen) atoms. The summed E-state index contributed by atoms with van der Waals surface area (Å²) in [6, 6.07) is -0.891. The lowest BCUT2D eigenvalue weighted by Gasteiger charge is -2.48. The highest BCUT2D eigenvalue weighted by molar-refractivity contribution is 5.76. The van der Waals surface area contributed by atoms with Crippen molar-refractivity contribution in [2.24, 2.45) is 0 Å². The smallest absolute Gasteiger partial charge is 0.220 e. The average Bonchev–Trinajstić information content (AvgIpc) is 0.779. The van der Waals surface area contributed by atoms with Crippen LogP contribution >= 0.6 is 0 Å². The SMILES string of the molecule is CC/C=C\C/C=C\C/C=C\C/C=C\C/C=C\C/C=C\CCCCCCCCCCCCCCCCCCCCC(=O)NC(COC1OC(CO)C(OC2OC(CO)C(OC3OC(CO)C(O)C(O)C3O)C(O)C2O)C(O)C1O)C(O)CCCCCCCCCCCCCCCCCCCCCCCCCCCCCCCCC. The standard InChI is InChI=1S/C94H171NO18/c1-3-5-7-9-11-13-15-17-19-21-23-25-27-29-31-33-35-36-37-38-39-40-42-44-46-48-50-52-54-56-58-60-62-64-66-68-70-72-82(100)95-77(78(99)71-69-67-65-63-61-59-57-55-53-51-49-47-45-43-41-34-32-30-28-26-24-22-20-18-16-14-12-10-8-6-4-2)76-108-92-88(106)85(103)90(80(74-97)110-92)113-94-89(107)86(104)91(81(75-98)111-94)112-93-87(105)84(102)83(101)79(73-96)109-93/h5,7,11,13,17,19,23,25,29,31,35-36,77-81,83-94,96-99,101-107H,3-4,6,8-10,12,14-16,18,20-22,24,26-28,30,32-34,37-76H2,1-2H3,(H,95,100)/b7-5-,13-11-,19-17-,25-23-,31-29-,36-35-. The third-order valence-corrected chi connectivity index (χ3v) is 23.0. The zero-order valence-electron chi connectivity index (χ0n) is 71.4. The van der Waals surface area contributed by atoms with Gasteiger partial charge in [0.2, 0.25) is 5.91 Å². The van der Waals surface area contributed by atoms with Crippen LogP contribution < -0.4 is 5.32 Å². The number of ether oxygens (including phenoxy) is 6. The zero-order chi connectivity index (χ0) is 81.7. The number of unbranched alkanes of at least 4 members (excludes halogenated alkanes) is 48. The van der Waals surface area contributed by atoms with Gasteiger partial charge in [-0.2, -0.15) is 0 Å². The lowest BCUT2D eigenvalue weighted by molar-refractivity contribution is -0.379. The van der Waals surface area contributed by atoms with Crippen LogP contribution in [0.2, 0.25) is 0 Å². The van der Waals surface area contributed by atoms with Crippen LogP contribution in [0.5, 0.6) is 0 Å². The maximum absolute atomic E-state index is 13.6. The Morgan fingerprint density at radius 1 is 0.327 bits per heavy atom. The fraction of sp³-hybridized carbons (Fsp3) is 0.862. The van der Waals surface area contributed by atoms with E-state index in [1.165, 1.54) is 270 Å². The molecule has 0 aliphatic carbocycles. The fourth-order valence-electron chi connectivity index (χ4n) is 15.7. The van der Waals surface area contributed by atoms with Crippen LogP contribution in [-0.2, 0) is 33.2 Å². The predicted molar refractivity (Wildman–Crippen MR) is 457 cm³/mol. The normalized spacial score (nSPS) is 25.1. The molecule has 0 saturated carbocycles. The zero-order valence-corrected chi connectivity index (χ0v) is 71.4. The van der Waals surface area contributed by atoms with E-state index < -0.39 is 124 Å². The van der Waals surface area contributed by atoms with E-state index in [1.807, 2.05) is 0 Å². The molecule has 0 aromatic rings. The first kappa shape index (κ1) is 104. The van der Waals surface area contributed by atoms with E-state index in [-0.39, 0.29) is 18.9 Å². The van der Waals surface area contributed by atoms with Gasteiger partial charge in [-0.3, -0.25) is 4.79 Å². The van der Waals surface area contributed by atoms with Crippen molar-refractivity contribution in [2.45, 2.75) is 491 Å². The summed E-state index contributed by atoms with van der Waals surface area (Å²) >= 11 is 0. The Hall–Kier alpha value is -2.77. The molecule has 1 amide bonds. The van der Waals surface area contributed by atoms with Gasteiger partial charge in [0.05, 0.1) is 38.6 Å². The molecule has 3 fully saturated rings. The van der Waals surface area contributed by atoms with Crippen molar-refractivity contribution in [2.75, 3.05) is 26.4 Å². The molecular formula is C94H171NO18. The van der Waals surface area contributed by atoms with Crippen LogP contribution in [0.1, 0.15) is 386 Å². The number of hydrogen-bond acceptors (Lipinski definition) is 18. The topological polar surface area (TPSA) is 307 Å². The Labute approximate surface area is 687 Å². The molecule has 0 spiro atoms. The molecule has 17 unspecified atom stereocenters. The highest BCUT2D eigenvalue weighted by atomic mass is 16.8. The highest BCUT2D eigenvalue weighted by Crippen LogP contribution is 2.34. The summed E-state index contributed by atoms with van der Waals surface area (Å²) in [6.07, 6.45) is 71.6. The van der Waals surface area contributed by atoms with Crippen LogP contribution in [0.15, 0.2) is 72.9 Å². The number of rotatable bonds is 76. The minimum Gasteiger partial charge on any atom is -0.394 e. The van der Waals surface area contributed by atoms with Crippen molar-refractivity contribution in [1.29, 1.82) is 0 Å². The molecule has 3 saturated heterocycles. The van der Waals surface area contributed by atoms with Gasteiger partial charge in [-0.15, -0.1) is 0 Å². The second-order valence-corrected chi connectivity index (χ2v) is 33.1. The van der Waals surface area contributed by atoms with E-state index >= 15 is 0 Å². The Morgan fingerprint density at radius 3 is 0.956 bits per heavy atom. The van der Waals surface area contributed by atoms with Crippen molar-refractivity contribution >= 4 is 5.91 Å². The number of carbonyl (C=O) groups is 1. The molecule has 3 rings (SSSR count). The van der Waals surface area contributed by atoms with Crippen LogP contribution in [0, 0.1) is 0 Å². The summed E-state index contributed by atoms with van der Waals surface area (Å²) < 4.78 is 34.6. The summed E-state index contributed by atoms with van der Waals surface area (Å²) in [5.74, 6) is -0.237. The van der Waals surface area contributed by atoms with Crippen molar-refractivity contribution in [3.63, 3.8) is 0 Å². The highest BCUT2D eigenvalue weighted by Gasteiger charge is 2.54. The van der Waals surface area contributed by atoms with Crippen molar-refractivity contribution in [3.05, 3.63) is 72.9 Å². The first-order chi connectivity index (χ1) is 55.3. The number of carbonyl (C=O) groups excluding carboxylic acids is 1. The summed E-state index contributed by atoms with van der Waals surface area (Å²) in [5.41, 5.74) is 0. The summed E-state index contributed by atoms with van der Waals surface area (Å²) in [4.78, 5) is 13.6. The van der Waals surface area contributed by atoms with Gasteiger partial charge in [-0.25, -0.2) is 0 Å². The third kappa shape index (κ3) is 51.5. The molecule has 19 heteroatoms. The molecule has 0 bridgehead atoms. The van der Waals surface area contributed by atoms with E-state index in [0.29, 0.717) is 12.8 Å². The van der Waals surface area contributed by atoms with E-state index in [1.54, 1.807) is 0 Å². The molecule has 12 N–H and O–H groups in total. The van der Waals surface area contributed by atoms with Crippen molar-refractivity contribution in [1.82, 2.24) is 5.32 Å². The van der Waals surface area contributed by atoms with Gasteiger partial charge in [0.15, 0.2) is 18.9 Å². The van der Waals surface area contributed by atoms with E-state index in [9.17, 15) is 61.0 Å². The number of aliphatic hydroxyl groups excluding tert-OH is 11. The van der Waals surface area contributed by atoms with Crippen LogP contribution in [-0.4, -0.2) is 193 Å². The molecule has 3 heterocycles. The largest absolute Gasteiger partial charge is 0.394 e. The Kier molecular flexibility index (Phi) is 67.6. The molecule has 3 aliphatic rings. The maximum Gasteiger partial charge on any atom is 0.220 e. The number of amides is 1. The minimum absolute atomic E-state index is 0.237. The number of allylic oxidation sites excluding steroid dienone is 12. The van der Waals surface area contributed by atoms with Gasteiger partial charge >= 0.3 is 0 Å². The first-order valence-electron chi connectivity index (χ1n) is 46.7. The van der Waals surface area contributed by atoms with Gasteiger partial charge in [0.25, 0.3) is 0 Å². The monoisotopic (exact) mass is 1600 g/mol. The molecule has 0 aromatic heterocycles. The molecular weight excluding hydrogens is 1430 g/mol. The number of aliphatic hydroxyl groups is 11. The Bertz CT molecular complexity index is 2320. The lowest BCUT2D eigenvalue weighted by atomic mass is 9.96. The van der Waals surface area contributed by atoms with Gasteiger partial charge in [-0.1, -0.05) is 389 Å². The molecule has 19 nitrogen and oxygen atoms in total. The quantitative estimate of drug-likeness (QED) is 0.0199. The van der Waals surface area contributed by atoms with Gasteiger partial charge in [0, 0.05) is 6.42 Å². The van der Waals surface area contributed by atoms with Crippen molar-refractivity contribution < 1.29 is 89.4 Å². The molecule has 0 radical (unpaired) electrons. The second-order valence-electron chi connectivity index (χ2n) is 33.1. The van der Waals surface area contributed by atoms with Gasteiger partial charge in [0.1, 0.15) is 73.2 Å². The number of hydrogen-bond donors (Lipinski definition) is 12. The molecule has 660 valence electrons. The van der Waals surface area contributed by atoms with Crippen LogP contribution in [0.4, 0.5) is 0 Å². The molecule has 17 atom stereocenters. The first-order valence-corrected chi connectivity index (χ1v) is 46.7. The van der Waals surface area contributed by atoms with E-state index in [4.69, 9.17) is 28.4 Å². The minimum atomic E-state index is -1.97. The summed E-state index contributed by atoms with van der Waals surface area (Å²) in [6.45, 7) is 1.75. The maximum atomic E-state index is 13.6. The Morgan fingerprint density at radius 2 is 0.611 bits per heavy atom. The second kappa shape index (κ2) is 73.2. The number of nitrogens with one attached hydrogen (secondary N) is 1. The predicted octanol–water partition coefficient (Wildman–Crippen LogP) is 18.3. The van der Waals surface area contributed by atoms with Gasteiger partial charge < -0.3 is 89.9 Å². The third-order valence-electron chi connectivity index (χ3n) is 23.0. The Balaban J connectivity index is 1.30. The average molecular weight is 1600 g/mol. The summed E-state index contributed by atoms with van der Waals surface area (Å²) in [5, 5.41) is 121. The fourth-order valence-corrected chi connectivity index (χ4v) is 15.7. The summed E-state index contributed by atoms with van der Waals surface area (Å²) in [7, 11) is 0. The molecule has 0 aromatic carbocycles. The molecule has 3 aliphatic heterocycles. The van der Waals surface area contributed by atoms with E-state index in [2.05, 4.69) is 92.1 Å².